The smallest absolute Gasteiger partial charge is 0.107 e. The average Bonchev–Trinajstić information content (AvgIpc) is 2.94. The summed E-state index contributed by atoms with van der Waals surface area (Å²) in [5.41, 5.74) is 0. The number of unbranched alkanes of at least 4 members (excludes halogenated alkanes) is 29. The lowest BCUT2D eigenvalue weighted by molar-refractivity contribution is 0.462. The SMILES string of the molecule is CCCCCCCCCCCCCCCCCCCC(C#CO)CCCCCCCCCCCCCCCC. The summed E-state index contributed by atoms with van der Waals surface area (Å²) in [7, 11) is 0. The molecule has 232 valence electrons. The fraction of sp³-hybridized carbons (Fsp3) is 0.947. The minimum absolute atomic E-state index is 0.420. The highest BCUT2D eigenvalue weighted by Gasteiger charge is 2.06. The van der Waals surface area contributed by atoms with Crippen LogP contribution >= 0.6 is 0 Å². The van der Waals surface area contributed by atoms with E-state index in [0.29, 0.717) is 5.92 Å². The van der Waals surface area contributed by atoms with Gasteiger partial charge in [-0.2, -0.15) is 0 Å². The Bertz CT molecular complexity index is 487. The Balaban J connectivity index is 3.37. The van der Waals surface area contributed by atoms with Gasteiger partial charge in [0.15, 0.2) is 0 Å². The average molecular weight is 547 g/mol. The van der Waals surface area contributed by atoms with Crippen molar-refractivity contribution < 1.29 is 5.11 Å². The van der Waals surface area contributed by atoms with Gasteiger partial charge in [0.1, 0.15) is 6.11 Å². The van der Waals surface area contributed by atoms with Crippen molar-refractivity contribution in [3.63, 3.8) is 0 Å². The van der Waals surface area contributed by atoms with Crippen molar-refractivity contribution in [1.29, 1.82) is 0 Å². The molecule has 0 aliphatic heterocycles. The van der Waals surface area contributed by atoms with Gasteiger partial charge in [0.2, 0.25) is 0 Å². The third kappa shape index (κ3) is 33.5. The molecular weight excluding hydrogens is 472 g/mol. The lowest BCUT2D eigenvalue weighted by Crippen LogP contribution is -1.98. The first-order chi connectivity index (χ1) is 19.3. The van der Waals surface area contributed by atoms with Crippen LogP contribution in [-0.4, -0.2) is 5.11 Å². The minimum atomic E-state index is 0.420. The molecule has 1 atom stereocenters. The van der Waals surface area contributed by atoms with Crippen molar-refractivity contribution in [3.8, 4) is 12.0 Å². The highest BCUT2D eigenvalue weighted by Crippen LogP contribution is 2.20. The molecule has 0 saturated carbocycles. The van der Waals surface area contributed by atoms with Crippen LogP contribution in [0.3, 0.4) is 0 Å². The summed E-state index contributed by atoms with van der Waals surface area (Å²) >= 11 is 0. The van der Waals surface area contributed by atoms with Gasteiger partial charge in [-0.3, -0.25) is 0 Å². The summed E-state index contributed by atoms with van der Waals surface area (Å²) < 4.78 is 0. The second-order valence-corrected chi connectivity index (χ2v) is 12.8. The fourth-order valence-electron chi connectivity index (χ4n) is 6.08. The van der Waals surface area contributed by atoms with Crippen molar-refractivity contribution >= 4 is 0 Å². The molecule has 1 heteroatoms. The summed E-state index contributed by atoms with van der Waals surface area (Å²) in [5, 5.41) is 9.13. The number of hydrogen-bond donors (Lipinski definition) is 1. The molecule has 0 rings (SSSR count). The molecule has 1 N–H and O–H groups in total. The molecule has 0 aromatic heterocycles. The molecule has 0 aliphatic carbocycles. The van der Waals surface area contributed by atoms with E-state index in [1.807, 2.05) is 0 Å². The second kappa shape index (κ2) is 35.4. The van der Waals surface area contributed by atoms with E-state index >= 15 is 0 Å². The summed E-state index contributed by atoms with van der Waals surface area (Å²) in [6, 6.07) is 0. The maximum atomic E-state index is 9.13. The monoisotopic (exact) mass is 547 g/mol. The zero-order valence-corrected chi connectivity index (χ0v) is 27.4. The van der Waals surface area contributed by atoms with Crippen LogP contribution in [0.25, 0.3) is 0 Å². The summed E-state index contributed by atoms with van der Waals surface area (Å²) in [6.45, 7) is 4.60. The third-order valence-electron chi connectivity index (χ3n) is 8.83. The van der Waals surface area contributed by atoms with Gasteiger partial charge in [-0.1, -0.05) is 219 Å². The van der Waals surface area contributed by atoms with E-state index in [4.69, 9.17) is 5.11 Å². The van der Waals surface area contributed by atoms with Crippen molar-refractivity contribution in [1.82, 2.24) is 0 Å². The molecule has 0 amide bonds. The lowest BCUT2D eigenvalue weighted by Gasteiger charge is -2.10. The predicted octanol–water partition coefficient (Wildman–Crippen LogP) is 13.8. The first kappa shape index (κ1) is 38.4. The van der Waals surface area contributed by atoms with Gasteiger partial charge in [0.05, 0.1) is 0 Å². The Morgan fingerprint density at radius 2 is 0.538 bits per heavy atom. The van der Waals surface area contributed by atoms with E-state index in [-0.39, 0.29) is 0 Å². The highest BCUT2D eigenvalue weighted by molar-refractivity contribution is 4.96. The van der Waals surface area contributed by atoms with E-state index in [1.165, 1.54) is 212 Å². The molecule has 0 saturated heterocycles. The van der Waals surface area contributed by atoms with Crippen LogP contribution in [0.4, 0.5) is 0 Å². The molecule has 0 spiro atoms. The molecule has 0 aromatic carbocycles. The maximum absolute atomic E-state index is 9.13. The van der Waals surface area contributed by atoms with Gasteiger partial charge in [-0.05, 0) is 12.8 Å². The second-order valence-electron chi connectivity index (χ2n) is 12.8. The summed E-state index contributed by atoms with van der Waals surface area (Å²) in [4.78, 5) is 0. The van der Waals surface area contributed by atoms with Gasteiger partial charge in [-0.25, -0.2) is 0 Å². The Morgan fingerprint density at radius 3 is 0.744 bits per heavy atom. The van der Waals surface area contributed by atoms with Crippen LogP contribution in [0.15, 0.2) is 0 Å². The van der Waals surface area contributed by atoms with Crippen LogP contribution in [0, 0.1) is 17.9 Å². The predicted molar refractivity (Wildman–Crippen MR) is 177 cm³/mol. The van der Waals surface area contributed by atoms with Gasteiger partial charge in [0.25, 0.3) is 0 Å². The summed E-state index contributed by atoms with van der Waals surface area (Å²) in [6.07, 6.45) is 48.6. The quantitative estimate of drug-likeness (QED) is 0.0641. The normalized spacial score (nSPS) is 11.9. The topological polar surface area (TPSA) is 20.2 Å². The van der Waals surface area contributed by atoms with Gasteiger partial charge in [-0.15, -0.1) is 0 Å². The number of hydrogen-bond acceptors (Lipinski definition) is 1. The molecule has 1 nitrogen and oxygen atoms in total. The molecule has 1 unspecified atom stereocenters. The largest absolute Gasteiger partial charge is 0.462 e. The Hall–Kier alpha value is -0.640. The van der Waals surface area contributed by atoms with Crippen LogP contribution < -0.4 is 0 Å². The van der Waals surface area contributed by atoms with E-state index in [0.717, 1.165) is 0 Å². The van der Waals surface area contributed by atoms with Crippen LogP contribution in [0.5, 0.6) is 0 Å². The highest BCUT2D eigenvalue weighted by atomic mass is 16.2. The first-order valence-corrected chi connectivity index (χ1v) is 18.5. The first-order valence-electron chi connectivity index (χ1n) is 18.5. The van der Waals surface area contributed by atoms with E-state index in [9.17, 15) is 0 Å². The van der Waals surface area contributed by atoms with E-state index < -0.39 is 0 Å². The van der Waals surface area contributed by atoms with Crippen molar-refractivity contribution in [2.75, 3.05) is 0 Å². The Labute approximate surface area is 248 Å². The summed E-state index contributed by atoms with van der Waals surface area (Å²) in [5.74, 6) is 3.51. The number of aliphatic hydroxyl groups is 1. The van der Waals surface area contributed by atoms with E-state index in [2.05, 4.69) is 25.9 Å². The van der Waals surface area contributed by atoms with Gasteiger partial charge < -0.3 is 5.11 Å². The standard InChI is InChI=1S/C38H74O/c1-3-5-7-9-11-13-15-17-19-20-21-23-25-27-29-31-33-35-38(36-37-39)34-32-30-28-26-24-22-18-16-14-12-10-8-6-4-2/h38-39H,3-35H2,1-2H3. The molecular formula is C38H74O. The molecule has 0 fully saturated rings. The Morgan fingerprint density at radius 1 is 0.333 bits per heavy atom. The van der Waals surface area contributed by atoms with Crippen LogP contribution in [0.2, 0.25) is 0 Å². The van der Waals surface area contributed by atoms with E-state index in [1.54, 1.807) is 0 Å². The molecule has 0 heterocycles. The van der Waals surface area contributed by atoms with Crippen LogP contribution in [0.1, 0.15) is 226 Å². The third-order valence-corrected chi connectivity index (χ3v) is 8.83. The maximum Gasteiger partial charge on any atom is 0.107 e. The number of rotatable bonds is 33. The van der Waals surface area contributed by atoms with Gasteiger partial charge >= 0.3 is 0 Å². The molecule has 0 aromatic rings. The fourth-order valence-corrected chi connectivity index (χ4v) is 6.08. The Kier molecular flexibility index (Phi) is 34.8. The molecule has 0 bridgehead atoms. The zero-order chi connectivity index (χ0) is 28.3. The molecule has 0 aliphatic rings. The van der Waals surface area contributed by atoms with Crippen molar-refractivity contribution in [2.24, 2.45) is 5.92 Å². The molecule has 39 heavy (non-hydrogen) atoms. The number of aliphatic hydroxyl groups excluding tert-OH is 1. The zero-order valence-electron chi connectivity index (χ0n) is 27.4. The minimum Gasteiger partial charge on any atom is -0.462 e. The lowest BCUT2D eigenvalue weighted by atomic mass is 9.94. The molecule has 0 radical (unpaired) electrons. The van der Waals surface area contributed by atoms with Crippen LogP contribution in [-0.2, 0) is 0 Å². The van der Waals surface area contributed by atoms with Gasteiger partial charge in [0, 0.05) is 5.92 Å². The van der Waals surface area contributed by atoms with Crippen molar-refractivity contribution in [2.45, 2.75) is 226 Å². The van der Waals surface area contributed by atoms with Crippen molar-refractivity contribution in [3.05, 3.63) is 0 Å².